The second kappa shape index (κ2) is 8.14. The summed E-state index contributed by atoms with van der Waals surface area (Å²) in [5.74, 6) is -0.669. The van der Waals surface area contributed by atoms with Gasteiger partial charge in [0.05, 0.1) is 23.2 Å². The van der Waals surface area contributed by atoms with Crippen molar-refractivity contribution in [1.29, 1.82) is 0 Å². The first-order chi connectivity index (χ1) is 14.7. The summed E-state index contributed by atoms with van der Waals surface area (Å²) in [7, 11) is 3.40. The molecule has 162 valence electrons. The first-order valence-electron chi connectivity index (χ1n) is 9.75. The Morgan fingerprint density at radius 2 is 2.00 bits per heavy atom. The van der Waals surface area contributed by atoms with Crippen molar-refractivity contribution < 1.29 is 14.0 Å². The molecule has 1 aliphatic heterocycles. The van der Waals surface area contributed by atoms with Crippen molar-refractivity contribution in [2.75, 3.05) is 32.5 Å². The first kappa shape index (κ1) is 21.0. The van der Waals surface area contributed by atoms with Crippen LogP contribution >= 0.6 is 11.3 Å². The van der Waals surface area contributed by atoms with Crippen molar-refractivity contribution in [3.8, 4) is 0 Å². The number of thiazole rings is 1. The van der Waals surface area contributed by atoms with Crippen LogP contribution < -0.4 is 5.32 Å². The number of carbonyl (C=O) groups excluding carboxylic acids is 2. The topological polar surface area (TPSA) is 104 Å². The highest BCUT2D eigenvalue weighted by atomic mass is 32.1. The quantitative estimate of drug-likeness (QED) is 0.645. The van der Waals surface area contributed by atoms with Crippen LogP contribution in [0.2, 0.25) is 0 Å². The number of carbonyl (C=O) groups is 2. The molecule has 0 bridgehead atoms. The number of aromatic nitrogens is 4. The normalized spacial score (nSPS) is 14.9. The van der Waals surface area contributed by atoms with Crippen molar-refractivity contribution in [2.24, 2.45) is 5.92 Å². The van der Waals surface area contributed by atoms with Crippen LogP contribution in [0.1, 0.15) is 34.0 Å². The van der Waals surface area contributed by atoms with Gasteiger partial charge in [-0.25, -0.2) is 14.4 Å². The van der Waals surface area contributed by atoms with E-state index in [0.717, 1.165) is 11.2 Å². The molecule has 1 fully saturated rings. The zero-order valence-corrected chi connectivity index (χ0v) is 18.4. The Bertz CT molecular complexity index is 1160. The van der Waals surface area contributed by atoms with Crippen molar-refractivity contribution in [3.05, 3.63) is 40.5 Å². The molecular formula is C20H22FN7O2S. The van der Waals surface area contributed by atoms with Crippen molar-refractivity contribution >= 4 is 39.4 Å². The predicted octanol–water partition coefficient (Wildman–Crippen LogP) is 2.26. The van der Waals surface area contributed by atoms with E-state index in [9.17, 15) is 14.0 Å². The van der Waals surface area contributed by atoms with E-state index in [4.69, 9.17) is 0 Å². The molecule has 0 radical (unpaired) electrons. The number of nitrogens with zero attached hydrogens (tertiary/aromatic N) is 6. The van der Waals surface area contributed by atoms with Gasteiger partial charge in [0.1, 0.15) is 10.5 Å². The molecule has 3 aromatic rings. The molecule has 0 spiro atoms. The van der Waals surface area contributed by atoms with Crippen LogP contribution in [0.4, 0.5) is 10.3 Å². The first-order valence-corrected chi connectivity index (χ1v) is 10.6. The minimum atomic E-state index is -0.437. The van der Waals surface area contributed by atoms with Crippen LogP contribution in [0.5, 0.6) is 0 Å². The molecular weight excluding hydrogens is 421 g/mol. The van der Waals surface area contributed by atoms with E-state index in [1.54, 1.807) is 25.2 Å². The van der Waals surface area contributed by atoms with Gasteiger partial charge in [-0.05, 0) is 25.5 Å². The summed E-state index contributed by atoms with van der Waals surface area (Å²) >= 11 is 1.35. The summed E-state index contributed by atoms with van der Waals surface area (Å²) in [5, 5.41) is 3.87. The minimum absolute atomic E-state index is 0.00500. The molecule has 9 nitrogen and oxygen atoms in total. The summed E-state index contributed by atoms with van der Waals surface area (Å²) in [4.78, 5) is 45.5. The summed E-state index contributed by atoms with van der Waals surface area (Å²) in [6.07, 6.45) is 2.69. The monoisotopic (exact) mass is 443 g/mol. The highest BCUT2D eigenvalue weighted by Gasteiger charge is 2.38. The number of rotatable bonds is 5. The standard InChI is InChI=1S/C20H22FN7O2S/c1-10(12-5-14(21)7-22-6-12)23-20-25-15(16-17(26-20)24-11(2)31-16)19(30)28-8-13(9-28)18(29)27(3)4/h5-7,10,13H,8-9H2,1-4H3,(H,23,25,26). The maximum absolute atomic E-state index is 13.5. The maximum Gasteiger partial charge on any atom is 0.274 e. The number of halogens is 1. The molecule has 4 heterocycles. The molecule has 3 aromatic heterocycles. The Hall–Kier alpha value is -3.21. The van der Waals surface area contributed by atoms with Gasteiger partial charge in [-0.2, -0.15) is 4.98 Å². The molecule has 1 N–H and O–H groups in total. The third-order valence-electron chi connectivity index (χ3n) is 5.09. The summed E-state index contributed by atoms with van der Waals surface area (Å²) in [6, 6.07) is 1.04. The Kier molecular flexibility index (Phi) is 5.52. The highest BCUT2D eigenvalue weighted by Crippen LogP contribution is 2.29. The average molecular weight is 444 g/mol. The lowest BCUT2D eigenvalue weighted by Crippen LogP contribution is -2.55. The lowest BCUT2D eigenvalue weighted by Gasteiger charge is -2.39. The van der Waals surface area contributed by atoms with Gasteiger partial charge in [0.15, 0.2) is 11.3 Å². The van der Waals surface area contributed by atoms with Crippen molar-refractivity contribution in [2.45, 2.75) is 19.9 Å². The Morgan fingerprint density at radius 3 is 2.68 bits per heavy atom. The fraction of sp³-hybridized carbons (Fsp3) is 0.400. The van der Waals surface area contributed by atoms with Gasteiger partial charge in [0.25, 0.3) is 5.91 Å². The van der Waals surface area contributed by atoms with Crippen LogP contribution in [0, 0.1) is 18.7 Å². The molecule has 11 heteroatoms. The number of hydrogen-bond donors (Lipinski definition) is 1. The Labute approximate surface area is 182 Å². The fourth-order valence-electron chi connectivity index (χ4n) is 3.40. The molecule has 4 rings (SSSR count). The number of likely N-dealkylation sites (tertiary alicyclic amines) is 1. The van der Waals surface area contributed by atoms with E-state index in [0.29, 0.717) is 29.0 Å². The summed E-state index contributed by atoms with van der Waals surface area (Å²) in [6.45, 7) is 4.37. The number of hydrogen-bond acceptors (Lipinski definition) is 8. The van der Waals surface area contributed by atoms with Gasteiger partial charge in [-0.3, -0.25) is 14.6 Å². The van der Waals surface area contributed by atoms with Crippen LogP contribution in [0.3, 0.4) is 0 Å². The highest BCUT2D eigenvalue weighted by molar-refractivity contribution is 7.18. The van der Waals surface area contributed by atoms with E-state index in [2.05, 4.69) is 25.3 Å². The molecule has 0 saturated carbocycles. The minimum Gasteiger partial charge on any atom is -0.348 e. The molecule has 0 aliphatic carbocycles. The van der Waals surface area contributed by atoms with E-state index in [1.807, 2.05) is 13.8 Å². The molecule has 2 amide bonds. The average Bonchev–Trinajstić information content (AvgIpc) is 3.05. The third kappa shape index (κ3) is 4.18. The van der Waals surface area contributed by atoms with Gasteiger partial charge < -0.3 is 15.1 Å². The molecule has 31 heavy (non-hydrogen) atoms. The van der Waals surface area contributed by atoms with E-state index < -0.39 is 5.82 Å². The zero-order chi connectivity index (χ0) is 22.3. The lowest BCUT2D eigenvalue weighted by atomic mass is 9.98. The predicted molar refractivity (Wildman–Crippen MR) is 114 cm³/mol. The van der Waals surface area contributed by atoms with Crippen LogP contribution in [-0.4, -0.2) is 68.7 Å². The fourth-order valence-corrected chi connectivity index (χ4v) is 4.23. The van der Waals surface area contributed by atoms with Gasteiger partial charge in [-0.1, -0.05) is 0 Å². The molecule has 1 atom stereocenters. The molecule has 1 saturated heterocycles. The smallest absolute Gasteiger partial charge is 0.274 e. The summed E-state index contributed by atoms with van der Waals surface area (Å²) < 4.78 is 14.1. The maximum atomic E-state index is 13.5. The van der Waals surface area contributed by atoms with Crippen molar-refractivity contribution in [1.82, 2.24) is 29.7 Å². The van der Waals surface area contributed by atoms with E-state index >= 15 is 0 Å². The van der Waals surface area contributed by atoms with Crippen molar-refractivity contribution in [3.63, 3.8) is 0 Å². The van der Waals surface area contributed by atoms with Gasteiger partial charge in [-0.15, -0.1) is 11.3 Å². The van der Waals surface area contributed by atoms with Crippen LogP contribution in [0.25, 0.3) is 10.3 Å². The molecule has 1 aliphatic rings. The zero-order valence-electron chi connectivity index (χ0n) is 17.6. The Morgan fingerprint density at radius 1 is 1.26 bits per heavy atom. The van der Waals surface area contributed by atoms with E-state index in [1.165, 1.54) is 22.3 Å². The second-order valence-corrected chi connectivity index (χ2v) is 8.93. The molecule has 1 unspecified atom stereocenters. The lowest BCUT2D eigenvalue weighted by molar-refractivity contribution is -0.137. The Balaban J connectivity index is 1.60. The number of fused-ring (bicyclic) bond motifs is 1. The molecule has 0 aromatic carbocycles. The van der Waals surface area contributed by atoms with E-state index in [-0.39, 0.29) is 35.4 Å². The SMILES string of the molecule is Cc1nc2nc(NC(C)c3cncc(F)c3)nc(C(=O)N3CC(C(=O)N(C)C)C3)c2s1. The van der Waals surface area contributed by atoms with Gasteiger partial charge >= 0.3 is 0 Å². The van der Waals surface area contributed by atoms with Gasteiger partial charge in [0.2, 0.25) is 11.9 Å². The van der Waals surface area contributed by atoms with Gasteiger partial charge in [0, 0.05) is 33.4 Å². The third-order valence-corrected chi connectivity index (χ3v) is 6.06. The summed E-state index contributed by atoms with van der Waals surface area (Å²) in [5.41, 5.74) is 1.30. The number of nitrogens with one attached hydrogen (secondary N) is 1. The second-order valence-electron chi connectivity index (χ2n) is 7.72. The van der Waals surface area contributed by atoms with Crippen LogP contribution in [0.15, 0.2) is 18.5 Å². The number of pyridine rings is 1. The number of anilines is 1. The van der Waals surface area contributed by atoms with Crippen LogP contribution in [-0.2, 0) is 4.79 Å². The number of aryl methyl sites for hydroxylation is 1. The largest absolute Gasteiger partial charge is 0.348 e. The number of amides is 2.